The van der Waals surface area contributed by atoms with Gasteiger partial charge in [-0.2, -0.15) is 0 Å². The molecule has 82 valence electrons. The number of ketones is 2. The minimum Gasteiger partial charge on any atom is -0.299 e. The first-order chi connectivity index (χ1) is 7.17. The maximum absolute atomic E-state index is 11.9. The number of carbonyl (C=O) groups excluding carboxylic acids is 2. The van der Waals surface area contributed by atoms with Gasteiger partial charge in [0.2, 0.25) is 0 Å². The van der Waals surface area contributed by atoms with Gasteiger partial charge in [0.15, 0.2) is 0 Å². The van der Waals surface area contributed by atoms with Crippen LogP contribution in [0.4, 0.5) is 0 Å². The maximum Gasteiger partial charge on any atom is 0.147 e. The van der Waals surface area contributed by atoms with E-state index >= 15 is 0 Å². The monoisotopic (exact) mass is 206 g/mol. The van der Waals surface area contributed by atoms with Crippen LogP contribution in [0.2, 0.25) is 0 Å². The highest BCUT2D eigenvalue weighted by Crippen LogP contribution is 2.37. The molecule has 1 aliphatic carbocycles. The fourth-order valence-corrected chi connectivity index (χ4v) is 2.15. The molecule has 1 rings (SSSR count). The highest BCUT2D eigenvalue weighted by Gasteiger charge is 2.44. The van der Waals surface area contributed by atoms with E-state index in [1.54, 1.807) is 6.08 Å². The zero-order valence-corrected chi connectivity index (χ0v) is 9.29. The summed E-state index contributed by atoms with van der Waals surface area (Å²) in [7, 11) is 0. The van der Waals surface area contributed by atoms with Gasteiger partial charge < -0.3 is 0 Å². The molecule has 0 amide bonds. The molecule has 1 fully saturated rings. The molecular weight excluding hydrogens is 188 g/mol. The Balaban J connectivity index is 2.97. The Hall–Kier alpha value is -1.18. The summed E-state index contributed by atoms with van der Waals surface area (Å²) in [6.45, 7) is 5.55. The minimum atomic E-state index is -0.785. The summed E-state index contributed by atoms with van der Waals surface area (Å²) in [5.41, 5.74) is -0.785. The minimum absolute atomic E-state index is 0.0942. The second kappa shape index (κ2) is 5.06. The van der Waals surface area contributed by atoms with Gasteiger partial charge in [0, 0.05) is 12.8 Å². The van der Waals surface area contributed by atoms with Gasteiger partial charge in [0.05, 0.1) is 5.41 Å². The number of Topliss-reactive ketones (excluding diaryl/α,β-unsaturated/α-hetero) is 2. The van der Waals surface area contributed by atoms with Crippen LogP contribution in [-0.2, 0) is 9.59 Å². The molecule has 0 saturated heterocycles. The Labute approximate surface area is 91.1 Å². The summed E-state index contributed by atoms with van der Waals surface area (Å²) < 4.78 is 0. The smallest absolute Gasteiger partial charge is 0.147 e. The zero-order chi connectivity index (χ0) is 11.3. The van der Waals surface area contributed by atoms with E-state index in [-0.39, 0.29) is 11.6 Å². The molecular formula is C13H18O2. The van der Waals surface area contributed by atoms with Gasteiger partial charge >= 0.3 is 0 Å². The highest BCUT2D eigenvalue weighted by atomic mass is 16.2. The van der Waals surface area contributed by atoms with Gasteiger partial charge in [-0.25, -0.2) is 0 Å². The second-order valence-electron chi connectivity index (χ2n) is 4.05. The van der Waals surface area contributed by atoms with Crippen molar-refractivity contribution in [2.45, 2.75) is 39.0 Å². The van der Waals surface area contributed by atoms with Gasteiger partial charge in [-0.15, -0.1) is 6.58 Å². The van der Waals surface area contributed by atoms with Crippen LogP contribution in [0.15, 0.2) is 24.8 Å². The van der Waals surface area contributed by atoms with E-state index in [9.17, 15) is 9.59 Å². The molecule has 2 nitrogen and oxygen atoms in total. The SMILES string of the molecule is C=CCC1(C/C=C/C)C(=O)CCCC1=O. The Bertz CT molecular complexity index is 284. The largest absolute Gasteiger partial charge is 0.299 e. The predicted molar refractivity (Wildman–Crippen MR) is 60.5 cm³/mol. The molecule has 0 spiro atoms. The van der Waals surface area contributed by atoms with Gasteiger partial charge in [-0.05, 0) is 26.2 Å². The molecule has 1 aliphatic rings. The number of rotatable bonds is 4. The van der Waals surface area contributed by atoms with Crippen molar-refractivity contribution in [1.82, 2.24) is 0 Å². The van der Waals surface area contributed by atoms with E-state index in [1.807, 2.05) is 19.1 Å². The van der Waals surface area contributed by atoms with Crippen LogP contribution in [0, 0.1) is 5.41 Å². The fourth-order valence-electron chi connectivity index (χ4n) is 2.15. The van der Waals surface area contributed by atoms with Crippen LogP contribution in [-0.4, -0.2) is 11.6 Å². The number of carbonyl (C=O) groups is 2. The molecule has 0 heterocycles. The topological polar surface area (TPSA) is 34.1 Å². The fraction of sp³-hybridized carbons (Fsp3) is 0.538. The van der Waals surface area contributed by atoms with E-state index < -0.39 is 5.41 Å². The molecule has 0 unspecified atom stereocenters. The van der Waals surface area contributed by atoms with E-state index in [4.69, 9.17) is 0 Å². The molecule has 0 radical (unpaired) electrons. The van der Waals surface area contributed by atoms with Crippen molar-refractivity contribution >= 4 is 11.6 Å². The summed E-state index contributed by atoms with van der Waals surface area (Å²) in [5.74, 6) is 0.188. The number of allylic oxidation sites excluding steroid dienone is 3. The lowest BCUT2D eigenvalue weighted by atomic mass is 9.67. The summed E-state index contributed by atoms with van der Waals surface area (Å²) in [6.07, 6.45) is 8.29. The molecule has 2 heteroatoms. The van der Waals surface area contributed by atoms with Crippen LogP contribution in [0.25, 0.3) is 0 Å². The van der Waals surface area contributed by atoms with E-state index in [0.29, 0.717) is 32.1 Å². The summed E-state index contributed by atoms with van der Waals surface area (Å²) in [6, 6.07) is 0. The van der Waals surface area contributed by atoms with Crippen molar-refractivity contribution in [2.75, 3.05) is 0 Å². The molecule has 1 saturated carbocycles. The van der Waals surface area contributed by atoms with Crippen LogP contribution in [0.5, 0.6) is 0 Å². The highest BCUT2D eigenvalue weighted by molar-refractivity contribution is 6.09. The lowest BCUT2D eigenvalue weighted by Gasteiger charge is -2.32. The van der Waals surface area contributed by atoms with Gasteiger partial charge in [0.1, 0.15) is 11.6 Å². The third-order valence-corrected chi connectivity index (χ3v) is 3.07. The van der Waals surface area contributed by atoms with Gasteiger partial charge in [-0.1, -0.05) is 18.2 Å². The molecule has 0 aromatic carbocycles. The van der Waals surface area contributed by atoms with E-state index in [1.165, 1.54) is 0 Å². The standard InChI is InChI=1S/C13H18O2/c1-3-5-10-13(9-4-2)11(14)7-6-8-12(13)15/h3-5H,2,6-10H2,1H3/b5-3+. The Morgan fingerprint density at radius 2 is 1.87 bits per heavy atom. The van der Waals surface area contributed by atoms with Gasteiger partial charge in [-0.3, -0.25) is 9.59 Å². The normalized spacial score (nSPS) is 20.9. The average Bonchev–Trinajstić information content (AvgIpc) is 2.22. The van der Waals surface area contributed by atoms with Crippen LogP contribution in [0.3, 0.4) is 0 Å². The van der Waals surface area contributed by atoms with E-state index in [0.717, 1.165) is 0 Å². The van der Waals surface area contributed by atoms with Crippen molar-refractivity contribution in [3.8, 4) is 0 Å². The number of hydrogen-bond acceptors (Lipinski definition) is 2. The van der Waals surface area contributed by atoms with Crippen LogP contribution < -0.4 is 0 Å². The molecule has 0 N–H and O–H groups in total. The average molecular weight is 206 g/mol. The lowest BCUT2D eigenvalue weighted by molar-refractivity contribution is -0.143. The van der Waals surface area contributed by atoms with Crippen molar-refractivity contribution in [2.24, 2.45) is 5.41 Å². The molecule has 0 aromatic rings. The van der Waals surface area contributed by atoms with Crippen molar-refractivity contribution in [1.29, 1.82) is 0 Å². The van der Waals surface area contributed by atoms with Crippen molar-refractivity contribution in [3.63, 3.8) is 0 Å². The van der Waals surface area contributed by atoms with E-state index in [2.05, 4.69) is 6.58 Å². The molecule has 15 heavy (non-hydrogen) atoms. The first kappa shape index (κ1) is 11.9. The molecule has 0 bridgehead atoms. The summed E-state index contributed by atoms with van der Waals surface area (Å²) in [5, 5.41) is 0. The third kappa shape index (κ3) is 2.25. The Kier molecular flexibility index (Phi) is 4.01. The third-order valence-electron chi connectivity index (χ3n) is 3.07. The Morgan fingerprint density at radius 1 is 1.27 bits per heavy atom. The predicted octanol–water partition coefficient (Wildman–Crippen LogP) is 2.84. The van der Waals surface area contributed by atoms with Crippen molar-refractivity contribution < 1.29 is 9.59 Å². The quantitative estimate of drug-likeness (QED) is 0.523. The first-order valence-corrected chi connectivity index (χ1v) is 5.46. The molecule has 0 atom stereocenters. The van der Waals surface area contributed by atoms with Crippen LogP contribution >= 0.6 is 0 Å². The summed E-state index contributed by atoms with van der Waals surface area (Å²) >= 11 is 0. The maximum atomic E-state index is 11.9. The number of hydrogen-bond donors (Lipinski definition) is 0. The molecule has 0 aliphatic heterocycles. The van der Waals surface area contributed by atoms with Crippen molar-refractivity contribution in [3.05, 3.63) is 24.8 Å². The molecule has 0 aromatic heterocycles. The van der Waals surface area contributed by atoms with Gasteiger partial charge in [0.25, 0.3) is 0 Å². The first-order valence-electron chi connectivity index (χ1n) is 5.46. The lowest BCUT2D eigenvalue weighted by Crippen LogP contribution is -2.41. The zero-order valence-electron chi connectivity index (χ0n) is 9.29. The second-order valence-corrected chi connectivity index (χ2v) is 4.05. The van der Waals surface area contributed by atoms with Crippen LogP contribution in [0.1, 0.15) is 39.0 Å². The summed E-state index contributed by atoms with van der Waals surface area (Å²) in [4.78, 5) is 23.8. The Morgan fingerprint density at radius 3 is 2.33 bits per heavy atom.